The molecule has 84 valence electrons. The number of carboxylic acid groups (broad SMARTS) is 1. The van der Waals surface area contributed by atoms with Gasteiger partial charge in [-0.05, 0) is 30.2 Å². The summed E-state index contributed by atoms with van der Waals surface area (Å²) in [6, 6.07) is 4.36. The molecule has 0 saturated carbocycles. The molecule has 1 N–H and O–H groups in total. The molecule has 0 saturated heterocycles. The van der Waals surface area contributed by atoms with E-state index in [1.165, 1.54) is 18.2 Å². The summed E-state index contributed by atoms with van der Waals surface area (Å²) in [5.41, 5.74) is 1.56. The van der Waals surface area contributed by atoms with Crippen LogP contribution in [-0.2, 0) is 4.79 Å². The molecule has 0 radical (unpaired) electrons. The van der Waals surface area contributed by atoms with Crippen LogP contribution in [0.5, 0.6) is 0 Å². The molecular formula is C12H10ClFO2. The van der Waals surface area contributed by atoms with Crippen LogP contribution in [0.1, 0.15) is 12.5 Å². The Morgan fingerprint density at radius 3 is 2.75 bits per heavy atom. The first-order chi connectivity index (χ1) is 7.50. The monoisotopic (exact) mass is 240 g/mol. The lowest BCUT2D eigenvalue weighted by atomic mass is 10.1. The molecule has 1 aromatic rings. The predicted octanol–water partition coefficient (Wildman–Crippen LogP) is 3.52. The van der Waals surface area contributed by atoms with Crippen LogP contribution in [0.2, 0.25) is 5.02 Å². The first kappa shape index (κ1) is 12.5. The van der Waals surface area contributed by atoms with Crippen LogP contribution in [0.4, 0.5) is 4.39 Å². The first-order valence-electron chi connectivity index (χ1n) is 4.54. The van der Waals surface area contributed by atoms with Gasteiger partial charge in [-0.25, -0.2) is 9.18 Å². The van der Waals surface area contributed by atoms with Gasteiger partial charge in [0.1, 0.15) is 5.82 Å². The van der Waals surface area contributed by atoms with Gasteiger partial charge in [-0.3, -0.25) is 0 Å². The second-order valence-electron chi connectivity index (χ2n) is 3.18. The van der Waals surface area contributed by atoms with Crippen molar-refractivity contribution >= 4 is 23.1 Å². The second-order valence-corrected chi connectivity index (χ2v) is 3.58. The highest BCUT2D eigenvalue weighted by molar-refractivity contribution is 6.30. The summed E-state index contributed by atoms with van der Waals surface area (Å²) >= 11 is 5.63. The zero-order chi connectivity index (χ0) is 12.1. The van der Waals surface area contributed by atoms with Crippen LogP contribution in [-0.4, -0.2) is 11.1 Å². The lowest BCUT2D eigenvalue weighted by Crippen LogP contribution is -1.85. The Balaban J connectivity index is 2.92. The molecule has 0 fully saturated rings. The van der Waals surface area contributed by atoms with Crippen molar-refractivity contribution in [1.82, 2.24) is 0 Å². The van der Waals surface area contributed by atoms with Crippen molar-refractivity contribution in [2.45, 2.75) is 6.92 Å². The molecule has 1 aromatic carbocycles. The lowest BCUT2D eigenvalue weighted by molar-refractivity contribution is -0.131. The third-order valence-corrected chi connectivity index (χ3v) is 2.25. The summed E-state index contributed by atoms with van der Waals surface area (Å²) in [6.45, 7) is 1.79. The fourth-order valence-electron chi connectivity index (χ4n) is 1.11. The SMILES string of the molecule is C/C(=C\C=C\C(=O)O)c1ccc(F)c(Cl)c1. The first-order valence-corrected chi connectivity index (χ1v) is 4.92. The van der Waals surface area contributed by atoms with Gasteiger partial charge in [0.05, 0.1) is 5.02 Å². The van der Waals surface area contributed by atoms with Gasteiger partial charge < -0.3 is 5.11 Å². The summed E-state index contributed by atoms with van der Waals surface area (Å²) in [7, 11) is 0. The maximum Gasteiger partial charge on any atom is 0.328 e. The van der Waals surface area contributed by atoms with Gasteiger partial charge in [0, 0.05) is 6.08 Å². The number of hydrogen-bond acceptors (Lipinski definition) is 1. The number of aliphatic carboxylic acids is 1. The minimum atomic E-state index is -1.01. The molecule has 0 aliphatic heterocycles. The average Bonchev–Trinajstić information content (AvgIpc) is 2.21. The summed E-state index contributed by atoms with van der Waals surface area (Å²) in [6.07, 6.45) is 4.06. The number of allylic oxidation sites excluding steroid dienone is 3. The third kappa shape index (κ3) is 3.51. The van der Waals surface area contributed by atoms with Crippen LogP contribution >= 0.6 is 11.6 Å². The molecule has 4 heteroatoms. The Bertz CT molecular complexity index is 464. The van der Waals surface area contributed by atoms with Crippen molar-refractivity contribution in [3.05, 3.63) is 52.8 Å². The number of rotatable bonds is 3. The van der Waals surface area contributed by atoms with Gasteiger partial charge in [0.2, 0.25) is 0 Å². The Hall–Kier alpha value is -1.61. The highest BCUT2D eigenvalue weighted by Crippen LogP contribution is 2.21. The van der Waals surface area contributed by atoms with E-state index in [1.54, 1.807) is 19.1 Å². The maximum atomic E-state index is 12.9. The van der Waals surface area contributed by atoms with Gasteiger partial charge in [-0.15, -0.1) is 0 Å². The van der Waals surface area contributed by atoms with Crippen molar-refractivity contribution in [3.63, 3.8) is 0 Å². The van der Waals surface area contributed by atoms with E-state index in [-0.39, 0.29) is 5.02 Å². The normalized spacial score (nSPS) is 12.1. The fourth-order valence-corrected chi connectivity index (χ4v) is 1.29. The van der Waals surface area contributed by atoms with Crippen LogP contribution in [0.15, 0.2) is 36.4 Å². The quantitative estimate of drug-likeness (QED) is 0.648. The number of benzene rings is 1. The van der Waals surface area contributed by atoms with Gasteiger partial charge >= 0.3 is 5.97 Å². The molecule has 0 amide bonds. The topological polar surface area (TPSA) is 37.3 Å². The van der Waals surface area contributed by atoms with Crippen LogP contribution in [0.25, 0.3) is 5.57 Å². The molecule has 0 aromatic heterocycles. The zero-order valence-electron chi connectivity index (χ0n) is 8.58. The fraction of sp³-hybridized carbons (Fsp3) is 0.0833. The predicted molar refractivity (Wildman–Crippen MR) is 61.8 cm³/mol. The number of carbonyl (C=O) groups is 1. The lowest BCUT2D eigenvalue weighted by Gasteiger charge is -2.01. The van der Waals surface area contributed by atoms with E-state index < -0.39 is 11.8 Å². The smallest absolute Gasteiger partial charge is 0.328 e. The molecule has 2 nitrogen and oxygen atoms in total. The van der Waals surface area contributed by atoms with Crippen molar-refractivity contribution < 1.29 is 14.3 Å². The van der Waals surface area contributed by atoms with Crippen molar-refractivity contribution in [2.24, 2.45) is 0 Å². The molecule has 0 spiro atoms. The Morgan fingerprint density at radius 2 is 2.19 bits per heavy atom. The highest BCUT2D eigenvalue weighted by Gasteiger charge is 2.01. The minimum Gasteiger partial charge on any atom is -0.478 e. The van der Waals surface area contributed by atoms with E-state index in [4.69, 9.17) is 16.7 Å². The van der Waals surface area contributed by atoms with Crippen molar-refractivity contribution in [1.29, 1.82) is 0 Å². The summed E-state index contributed by atoms with van der Waals surface area (Å²) < 4.78 is 12.9. The van der Waals surface area contributed by atoms with Gasteiger partial charge in [-0.1, -0.05) is 29.8 Å². The van der Waals surface area contributed by atoms with E-state index in [9.17, 15) is 9.18 Å². The Morgan fingerprint density at radius 1 is 1.50 bits per heavy atom. The van der Waals surface area contributed by atoms with Gasteiger partial charge in [0.15, 0.2) is 0 Å². The van der Waals surface area contributed by atoms with Crippen LogP contribution in [0.3, 0.4) is 0 Å². The van der Waals surface area contributed by atoms with Crippen LogP contribution in [0, 0.1) is 5.82 Å². The summed E-state index contributed by atoms with van der Waals surface area (Å²) in [4.78, 5) is 10.2. The Kier molecular flexibility index (Phi) is 4.26. The highest BCUT2D eigenvalue weighted by atomic mass is 35.5. The van der Waals surface area contributed by atoms with Crippen LogP contribution < -0.4 is 0 Å². The Labute approximate surface area is 97.7 Å². The largest absolute Gasteiger partial charge is 0.478 e. The van der Waals surface area contributed by atoms with E-state index >= 15 is 0 Å². The third-order valence-electron chi connectivity index (χ3n) is 1.96. The molecule has 0 bridgehead atoms. The summed E-state index contributed by atoms with van der Waals surface area (Å²) in [5.74, 6) is -1.49. The van der Waals surface area contributed by atoms with E-state index in [1.807, 2.05) is 0 Å². The molecule has 0 atom stereocenters. The number of halogens is 2. The van der Waals surface area contributed by atoms with Crippen molar-refractivity contribution in [3.8, 4) is 0 Å². The van der Waals surface area contributed by atoms with E-state index in [0.29, 0.717) is 0 Å². The van der Waals surface area contributed by atoms with E-state index in [2.05, 4.69) is 0 Å². The van der Waals surface area contributed by atoms with Crippen molar-refractivity contribution in [2.75, 3.05) is 0 Å². The maximum absolute atomic E-state index is 12.9. The van der Waals surface area contributed by atoms with E-state index in [0.717, 1.165) is 17.2 Å². The molecule has 1 rings (SSSR count). The summed E-state index contributed by atoms with van der Waals surface area (Å²) in [5, 5.41) is 8.44. The molecule has 0 aliphatic carbocycles. The standard InChI is InChI=1S/C12H10ClFO2/c1-8(3-2-4-12(15)16)9-5-6-11(14)10(13)7-9/h2-7H,1H3,(H,15,16)/b4-2+,8-3+. The second kappa shape index (κ2) is 5.47. The van der Waals surface area contributed by atoms with Gasteiger partial charge in [-0.2, -0.15) is 0 Å². The molecule has 0 heterocycles. The molecular weight excluding hydrogens is 231 g/mol. The number of carboxylic acids is 1. The number of hydrogen-bond donors (Lipinski definition) is 1. The zero-order valence-corrected chi connectivity index (χ0v) is 9.33. The average molecular weight is 241 g/mol. The van der Waals surface area contributed by atoms with Gasteiger partial charge in [0.25, 0.3) is 0 Å². The molecule has 16 heavy (non-hydrogen) atoms. The minimum absolute atomic E-state index is 0.0486. The molecule has 0 aliphatic rings. The molecule has 0 unspecified atom stereocenters.